The van der Waals surface area contributed by atoms with Crippen LogP contribution in [0.5, 0.6) is 0 Å². The molecular weight excluding hydrogens is 389 g/mol. The minimum atomic E-state index is -4.39. The van der Waals surface area contributed by atoms with E-state index in [9.17, 15) is 18.0 Å². The SMILES string of the molecule is CC1C[C@@H]2C(=O)N(c3nnco3)CN(C(C)c3ccc(C(F)(F)F)cc3)C2=CO1. The van der Waals surface area contributed by atoms with Crippen molar-refractivity contribution in [2.24, 2.45) is 5.92 Å². The molecule has 1 fully saturated rings. The summed E-state index contributed by atoms with van der Waals surface area (Å²) in [6.45, 7) is 3.85. The first-order chi connectivity index (χ1) is 13.8. The highest BCUT2D eigenvalue weighted by molar-refractivity contribution is 5.96. The minimum absolute atomic E-state index is 0.0813. The van der Waals surface area contributed by atoms with Gasteiger partial charge < -0.3 is 14.1 Å². The van der Waals surface area contributed by atoms with Crippen LogP contribution in [0.1, 0.15) is 37.4 Å². The van der Waals surface area contributed by atoms with Gasteiger partial charge in [0.25, 0.3) is 0 Å². The van der Waals surface area contributed by atoms with E-state index in [1.165, 1.54) is 17.0 Å². The second-order valence-electron chi connectivity index (χ2n) is 7.17. The summed E-state index contributed by atoms with van der Waals surface area (Å²) in [4.78, 5) is 16.3. The number of alkyl halides is 3. The average Bonchev–Trinajstić information content (AvgIpc) is 3.22. The molecule has 154 valence electrons. The molecule has 0 aliphatic carbocycles. The number of amides is 1. The number of anilines is 1. The summed E-state index contributed by atoms with van der Waals surface area (Å²) >= 11 is 0. The van der Waals surface area contributed by atoms with E-state index in [0.717, 1.165) is 18.5 Å². The maximum Gasteiger partial charge on any atom is 0.416 e. The van der Waals surface area contributed by atoms with Gasteiger partial charge in [0.2, 0.25) is 12.3 Å². The number of hydrogen-bond acceptors (Lipinski definition) is 6. The van der Waals surface area contributed by atoms with Crippen molar-refractivity contribution in [3.63, 3.8) is 0 Å². The van der Waals surface area contributed by atoms with Crippen LogP contribution in [0.4, 0.5) is 19.2 Å². The smallest absolute Gasteiger partial charge is 0.416 e. The van der Waals surface area contributed by atoms with Crippen LogP contribution in [-0.2, 0) is 15.7 Å². The van der Waals surface area contributed by atoms with Crippen LogP contribution >= 0.6 is 0 Å². The zero-order valence-corrected chi connectivity index (χ0v) is 15.8. The summed E-state index contributed by atoms with van der Waals surface area (Å²) < 4.78 is 49.5. The van der Waals surface area contributed by atoms with Gasteiger partial charge in [-0.3, -0.25) is 4.79 Å². The topological polar surface area (TPSA) is 71.7 Å². The maximum atomic E-state index is 13.0. The van der Waals surface area contributed by atoms with Gasteiger partial charge in [0, 0.05) is 6.42 Å². The lowest BCUT2D eigenvalue weighted by molar-refractivity contribution is -0.137. The Balaban J connectivity index is 1.67. The third-order valence-corrected chi connectivity index (χ3v) is 5.30. The number of carbonyl (C=O) groups is 1. The molecule has 0 N–H and O–H groups in total. The lowest BCUT2D eigenvalue weighted by atomic mass is 9.91. The molecule has 1 saturated heterocycles. The van der Waals surface area contributed by atoms with Crippen molar-refractivity contribution in [3.8, 4) is 0 Å². The van der Waals surface area contributed by atoms with E-state index in [2.05, 4.69) is 10.2 Å². The van der Waals surface area contributed by atoms with Gasteiger partial charge in [0.1, 0.15) is 12.9 Å². The van der Waals surface area contributed by atoms with Crippen molar-refractivity contribution in [2.75, 3.05) is 11.6 Å². The lowest BCUT2D eigenvalue weighted by Crippen LogP contribution is -2.54. The molecule has 29 heavy (non-hydrogen) atoms. The van der Waals surface area contributed by atoms with Crippen molar-refractivity contribution in [1.82, 2.24) is 15.1 Å². The Morgan fingerprint density at radius 1 is 1.24 bits per heavy atom. The van der Waals surface area contributed by atoms with Gasteiger partial charge in [-0.15, -0.1) is 5.10 Å². The van der Waals surface area contributed by atoms with Gasteiger partial charge in [-0.05, 0) is 31.5 Å². The zero-order valence-electron chi connectivity index (χ0n) is 15.8. The molecule has 3 heterocycles. The molecule has 3 atom stereocenters. The van der Waals surface area contributed by atoms with E-state index in [1.807, 2.05) is 18.7 Å². The molecule has 0 bridgehead atoms. The van der Waals surface area contributed by atoms with Crippen molar-refractivity contribution >= 4 is 11.9 Å². The van der Waals surface area contributed by atoms with Crippen LogP contribution in [-0.4, -0.2) is 33.8 Å². The van der Waals surface area contributed by atoms with Crippen LogP contribution in [0, 0.1) is 5.92 Å². The van der Waals surface area contributed by atoms with Gasteiger partial charge >= 0.3 is 12.2 Å². The molecule has 0 radical (unpaired) electrons. The first kappa shape index (κ1) is 19.3. The van der Waals surface area contributed by atoms with E-state index in [0.29, 0.717) is 17.7 Å². The van der Waals surface area contributed by atoms with Gasteiger partial charge in [-0.25, -0.2) is 4.90 Å². The Morgan fingerprint density at radius 2 is 1.97 bits per heavy atom. The molecule has 1 aromatic heterocycles. The highest BCUT2D eigenvalue weighted by Gasteiger charge is 2.44. The lowest BCUT2D eigenvalue weighted by Gasteiger charge is -2.45. The summed E-state index contributed by atoms with van der Waals surface area (Å²) in [6.07, 6.45) is -1.34. The average molecular weight is 408 g/mol. The molecule has 10 heteroatoms. The van der Waals surface area contributed by atoms with Crippen molar-refractivity contribution in [3.05, 3.63) is 53.7 Å². The normalized spacial score (nSPS) is 23.3. The second kappa shape index (κ2) is 7.09. The van der Waals surface area contributed by atoms with Crippen LogP contribution < -0.4 is 4.90 Å². The number of nitrogens with zero attached hydrogens (tertiary/aromatic N) is 4. The largest absolute Gasteiger partial charge is 0.496 e. The number of hydrogen-bond donors (Lipinski definition) is 0. The third-order valence-electron chi connectivity index (χ3n) is 5.30. The summed E-state index contributed by atoms with van der Waals surface area (Å²) in [5.41, 5.74) is 0.661. The fourth-order valence-corrected chi connectivity index (χ4v) is 3.68. The second-order valence-corrected chi connectivity index (χ2v) is 7.17. The summed E-state index contributed by atoms with van der Waals surface area (Å²) in [6, 6.07) is 4.77. The first-order valence-corrected chi connectivity index (χ1v) is 9.12. The van der Waals surface area contributed by atoms with Gasteiger partial charge in [-0.2, -0.15) is 13.2 Å². The number of carbonyl (C=O) groups excluding carboxylic acids is 1. The molecule has 7 nitrogen and oxygen atoms in total. The maximum absolute atomic E-state index is 13.0. The number of halogens is 3. The highest BCUT2D eigenvalue weighted by atomic mass is 19.4. The number of fused-ring (bicyclic) bond motifs is 1. The molecule has 2 aromatic rings. The first-order valence-electron chi connectivity index (χ1n) is 9.12. The standard InChI is InChI=1S/C19H19F3N4O3/c1-11-7-15-16(8-28-11)25(10-26(17(15)27)18-24-23-9-29-18)12(2)13-3-5-14(6-4-13)19(20,21)22/h3-6,8-9,11-12,15H,7,10H2,1-2H3/t11?,12?,15-/m0/s1. The van der Waals surface area contributed by atoms with Crippen molar-refractivity contribution < 1.29 is 27.1 Å². The molecule has 2 unspecified atom stereocenters. The van der Waals surface area contributed by atoms with Crippen LogP contribution in [0.15, 0.2) is 47.0 Å². The number of aromatic nitrogens is 2. The van der Waals surface area contributed by atoms with Crippen LogP contribution in [0.3, 0.4) is 0 Å². The number of rotatable bonds is 3. The number of ether oxygens (including phenoxy) is 1. The third kappa shape index (κ3) is 3.54. The van der Waals surface area contributed by atoms with E-state index in [4.69, 9.17) is 9.15 Å². The number of benzene rings is 1. The Hall–Kier alpha value is -3.04. The Morgan fingerprint density at radius 3 is 2.59 bits per heavy atom. The zero-order chi connectivity index (χ0) is 20.8. The molecule has 0 saturated carbocycles. The van der Waals surface area contributed by atoms with E-state index in [1.54, 1.807) is 6.26 Å². The summed E-state index contributed by atoms with van der Waals surface area (Å²) in [5.74, 6) is -0.636. The molecule has 0 spiro atoms. The fraction of sp³-hybridized carbons (Fsp3) is 0.421. The molecule has 1 aromatic carbocycles. The Bertz CT molecular complexity index is 912. The summed E-state index contributed by atoms with van der Waals surface area (Å²) in [5, 5.41) is 7.47. The highest BCUT2D eigenvalue weighted by Crippen LogP contribution is 2.39. The van der Waals surface area contributed by atoms with Crippen LogP contribution in [0.2, 0.25) is 0 Å². The fourth-order valence-electron chi connectivity index (χ4n) is 3.68. The van der Waals surface area contributed by atoms with Crippen molar-refractivity contribution in [2.45, 2.75) is 38.6 Å². The Kier molecular flexibility index (Phi) is 4.71. The monoisotopic (exact) mass is 408 g/mol. The van der Waals surface area contributed by atoms with Gasteiger partial charge in [0.15, 0.2) is 0 Å². The summed E-state index contributed by atoms with van der Waals surface area (Å²) in [7, 11) is 0. The molecule has 1 amide bonds. The predicted molar refractivity (Wildman–Crippen MR) is 95.1 cm³/mol. The Labute approximate surface area is 164 Å². The van der Waals surface area contributed by atoms with Crippen LogP contribution in [0.25, 0.3) is 0 Å². The van der Waals surface area contributed by atoms with Crippen molar-refractivity contribution in [1.29, 1.82) is 0 Å². The predicted octanol–water partition coefficient (Wildman–Crippen LogP) is 3.72. The molecule has 2 aliphatic rings. The molecule has 2 aliphatic heterocycles. The van der Waals surface area contributed by atoms with E-state index in [-0.39, 0.29) is 30.7 Å². The molecule has 4 rings (SSSR count). The quantitative estimate of drug-likeness (QED) is 0.771. The van der Waals surface area contributed by atoms with E-state index >= 15 is 0 Å². The van der Waals surface area contributed by atoms with E-state index < -0.39 is 17.7 Å². The van der Waals surface area contributed by atoms with Gasteiger partial charge in [-0.1, -0.05) is 17.2 Å². The minimum Gasteiger partial charge on any atom is -0.496 e. The van der Waals surface area contributed by atoms with Gasteiger partial charge in [0.05, 0.1) is 29.3 Å². The molecular formula is C19H19F3N4O3.